The average Bonchev–Trinajstić information content (AvgIpc) is 3.01. The van der Waals surface area contributed by atoms with Gasteiger partial charge in [0.1, 0.15) is 0 Å². The van der Waals surface area contributed by atoms with Gasteiger partial charge in [-0.3, -0.25) is 9.59 Å². The molecule has 0 saturated carbocycles. The number of hydrogen-bond donors (Lipinski definition) is 0. The summed E-state index contributed by atoms with van der Waals surface area (Å²) in [5.41, 5.74) is 1.86. The van der Waals surface area contributed by atoms with Gasteiger partial charge in [-0.25, -0.2) is 0 Å². The molecule has 0 unspecified atom stereocenters. The number of rotatable bonds is 4. The van der Waals surface area contributed by atoms with Crippen LogP contribution >= 0.6 is 0 Å². The maximum atomic E-state index is 12.3. The van der Waals surface area contributed by atoms with Gasteiger partial charge in [0.25, 0.3) is 5.91 Å². The summed E-state index contributed by atoms with van der Waals surface area (Å²) >= 11 is 0. The minimum atomic E-state index is -0.0000554. The normalized spacial score (nSPS) is 20.1. The van der Waals surface area contributed by atoms with Gasteiger partial charge >= 0.3 is 0 Å². The molecule has 0 aromatic heterocycles. The van der Waals surface area contributed by atoms with Gasteiger partial charge < -0.3 is 14.7 Å². The molecule has 2 saturated heterocycles. The Balaban J connectivity index is 1.48. The first kappa shape index (κ1) is 17.3. The van der Waals surface area contributed by atoms with Crippen molar-refractivity contribution in [2.75, 3.05) is 40.3 Å². The van der Waals surface area contributed by atoms with Gasteiger partial charge in [0, 0.05) is 58.2 Å². The van der Waals surface area contributed by atoms with Crippen LogP contribution in [0.15, 0.2) is 24.3 Å². The molecule has 6 nitrogen and oxygen atoms in total. The molecule has 132 valence electrons. The van der Waals surface area contributed by atoms with Gasteiger partial charge in [0.15, 0.2) is 6.19 Å². The largest absolute Gasteiger partial charge is 0.345 e. The second-order valence-electron chi connectivity index (χ2n) is 7.22. The first-order valence-corrected chi connectivity index (χ1v) is 8.72. The van der Waals surface area contributed by atoms with Crippen LogP contribution in [0, 0.1) is 17.4 Å². The van der Waals surface area contributed by atoms with E-state index in [0.717, 1.165) is 26.1 Å². The lowest BCUT2D eigenvalue weighted by Gasteiger charge is -2.40. The fourth-order valence-corrected chi connectivity index (χ4v) is 3.52. The predicted molar refractivity (Wildman–Crippen MR) is 93.7 cm³/mol. The van der Waals surface area contributed by atoms with Crippen LogP contribution in [-0.2, 0) is 4.79 Å². The van der Waals surface area contributed by atoms with E-state index in [4.69, 9.17) is 5.26 Å². The fraction of sp³-hybridized carbons (Fsp3) is 0.526. The molecule has 2 fully saturated rings. The van der Waals surface area contributed by atoms with Gasteiger partial charge in [-0.05, 0) is 30.0 Å². The highest BCUT2D eigenvalue weighted by Crippen LogP contribution is 2.29. The number of amides is 2. The number of carbonyl (C=O) groups excluding carboxylic acids is 2. The van der Waals surface area contributed by atoms with Gasteiger partial charge in [-0.2, -0.15) is 5.26 Å². The monoisotopic (exact) mass is 340 g/mol. The van der Waals surface area contributed by atoms with Gasteiger partial charge in [0.2, 0.25) is 5.91 Å². The highest BCUT2D eigenvalue weighted by atomic mass is 16.2. The average molecular weight is 340 g/mol. The summed E-state index contributed by atoms with van der Waals surface area (Å²) in [7, 11) is 3.48. The van der Waals surface area contributed by atoms with Crippen molar-refractivity contribution < 1.29 is 9.59 Å². The lowest BCUT2D eigenvalue weighted by atomic mass is 9.90. The van der Waals surface area contributed by atoms with E-state index in [2.05, 4.69) is 6.19 Å². The van der Waals surface area contributed by atoms with Crippen molar-refractivity contribution in [1.29, 1.82) is 5.26 Å². The zero-order chi connectivity index (χ0) is 18.0. The zero-order valence-electron chi connectivity index (χ0n) is 14.8. The second kappa shape index (κ2) is 7.14. The van der Waals surface area contributed by atoms with Crippen molar-refractivity contribution >= 4 is 11.8 Å². The van der Waals surface area contributed by atoms with Crippen molar-refractivity contribution in [2.24, 2.45) is 5.92 Å². The van der Waals surface area contributed by atoms with Crippen LogP contribution in [0.3, 0.4) is 0 Å². The van der Waals surface area contributed by atoms with Crippen molar-refractivity contribution in [3.8, 4) is 6.19 Å². The molecule has 1 atom stereocenters. The van der Waals surface area contributed by atoms with Crippen LogP contribution in [0.1, 0.15) is 34.7 Å². The number of likely N-dealkylation sites (tertiary alicyclic amines) is 2. The SMILES string of the molecule is CN(C)C(=O)c1ccc(C2CN(C(=O)C[C@@H]3CCN(C#N)C3)C2)cc1. The smallest absolute Gasteiger partial charge is 0.253 e. The van der Waals surface area contributed by atoms with Crippen LogP contribution in [0.25, 0.3) is 0 Å². The van der Waals surface area contributed by atoms with E-state index in [0.29, 0.717) is 30.4 Å². The van der Waals surface area contributed by atoms with Crippen LogP contribution in [0.4, 0.5) is 0 Å². The maximum Gasteiger partial charge on any atom is 0.253 e. The number of nitrogens with zero attached hydrogens (tertiary/aromatic N) is 4. The van der Waals surface area contributed by atoms with E-state index in [1.165, 1.54) is 5.56 Å². The second-order valence-corrected chi connectivity index (χ2v) is 7.22. The Morgan fingerprint density at radius 2 is 1.88 bits per heavy atom. The van der Waals surface area contributed by atoms with E-state index in [-0.39, 0.29) is 11.8 Å². The maximum absolute atomic E-state index is 12.3. The van der Waals surface area contributed by atoms with Crippen molar-refractivity contribution in [1.82, 2.24) is 14.7 Å². The Kier molecular flexibility index (Phi) is 4.93. The molecular weight excluding hydrogens is 316 g/mol. The lowest BCUT2D eigenvalue weighted by Crippen LogP contribution is -2.49. The highest BCUT2D eigenvalue weighted by molar-refractivity contribution is 5.93. The molecule has 2 aliphatic heterocycles. The molecule has 0 bridgehead atoms. The standard InChI is InChI=1S/C19H24N4O2/c1-21(2)19(25)16-5-3-15(4-6-16)17-11-23(12-17)18(24)9-14-7-8-22(10-14)13-20/h3-6,14,17H,7-12H2,1-2H3/t14-/m0/s1. The number of carbonyl (C=O) groups is 2. The molecule has 1 aromatic rings. The van der Waals surface area contributed by atoms with E-state index in [1.807, 2.05) is 29.2 Å². The third kappa shape index (κ3) is 3.76. The summed E-state index contributed by atoms with van der Waals surface area (Å²) < 4.78 is 0. The molecule has 6 heteroatoms. The van der Waals surface area contributed by atoms with E-state index >= 15 is 0 Å². The molecular formula is C19H24N4O2. The molecule has 2 amide bonds. The summed E-state index contributed by atoms with van der Waals surface area (Å²) in [5.74, 6) is 0.856. The van der Waals surface area contributed by atoms with E-state index < -0.39 is 0 Å². The van der Waals surface area contributed by atoms with Crippen LogP contribution < -0.4 is 0 Å². The number of hydrogen-bond acceptors (Lipinski definition) is 4. The molecule has 25 heavy (non-hydrogen) atoms. The van der Waals surface area contributed by atoms with Crippen molar-refractivity contribution in [3.05, 3.63) is 35.4 Å². The topological polar surface area (TPSA) is 67.7 Å². The van der Waals surface area contributed by atoms with E-state index in [9.17, 15) is 9.59 Å². The quantitative estimate of drug-likeness (QED) is 0.779. The summed E-state index contributed by atoms with van der Waals surface area (Å²) in [5, 5.41) is 8.89. The molecule has 0 aliphatic carbocycles. The molecule has 0 spiro atoms. The van der Waals surface area contributed by atoms with Gasteiger partial charge in [-0.1, -0.05) is 12.1 Å². The molecule has 0 radical (unpaired) electrons. The number of nitriles is 1. The van der Waals surface area contributed by atoms with Crippen LogP contribution in [0.5, 0.6) is 0 Å². The summed E-state index contributed by atoms with van der Waals surface area (Å²) in [6.45, 7) is 2.97. The first-order chi connectivity index (χ1) is 12.0. The molecule has 1 aromatic carbocycles. The zero-order valence-corrected chi connectivity index (χ0v) is 14.8. The molecule has 3 rings (SSSR count). The molecule has 2 aliphatic rings. The summed E-state index contributed by atoms with van der Waals surface area (Å²) in [4.78, 5) is 29.5. The Morgan fingerprint density at radius 3 is 2.44 bits per heavy atom. The van der Waals surface area contributed by atoms with Crippen molar-refractivity contribution in [3.63, 3.8) is 0 Å². The minimum absolute atomic E-state index is 0.0000554. The van der Waals surface area contributed by atoms with Crippen molar-refractivity contribution in [2.45, 2.75) is 18.8 Å². The minimum Gasteiger partial charge on any atom is -0.345 e. The highest BCUT2D eigenvalue weighted by Gasteiger charge is 2.33. The Labute approximate surface area is 148 Å². The first-order valence-electron chi connectivity index (χ1n) is 8.72. The summed E-state index contributed by atoms with van der Waals surface area (Å²) in [6, 6.07) is 7.70. The summed E-state index contributed by atoms with van der Waals surface area (Å²) in [6.07, 6.45) is 3.62. The van der Waals surface area contributed by atoms with Crippen LogP contribution in [-0.4, -0.2) is 66.8 Å². The molecule has 2 heterocycles. The molecule has 0 N–H and O–H groups in total. The third-order valence-electron chi connectivity index (χ3n) is 5.16. The van der Waals surface area contributed by atoms with Crippen LogP contribution in [0.2, 0.25) is 0 Å². The van der Waals surface area contributed by atoms with Gasteiger partial charge in [-0.15, -0.1) is 0 Å². The Bertz CT molecular complexity index is 686. The predicted octanol–water partition coefficient (Wildman–Crippen LogP) is 1.51. The third-order valence-corrected chi connectivity index (χ3v) is 5.16. The Morgan fingerprint density at radius 1 is 1.20 bits per heavy atom. The fourth-order valence-electron chi connectivity index (χ4n) is 3.52. The van der Waals surface area contributed by atoms with E-state index in [1.54, 1.807) is 23.9 Å². The Hall–Kier alpha value is -2.55. The number of benzene rings is 1. The van der Waals surface area contributed by atoms with Gasteiger partial charge in [0.05, 0.1) is 0 Å². The lowest BCUT2D eigenvalue weighted by molar-refractivity contribution is -0.136.